The lowest BCUT2D eigenvalue weighted by atomic mass is 10.0. The number of carbonyl (C=O) groups excluding carboxylic acids is 1. The minimum absolute atomic E-state index is 0.109. The molecule has 1 unspecified atom stereocenters. The molecule has 0 N–H and O–H groups in total. The van der Waals surface area contributed by atoms with E-state index in [0.29, 0.717) is 23.3 Å². The van der Waals surface area contributed by atoms with E-state index in [-0.39, 0.29) is 11.9 Å². The van der Waals surface area contributed by atoms with E-state index in [1.807, 2.05) is 59.3 Å². The van der Waals surface area contributed by atoms with Crippen molar-refractivity contribution in [1.29, 1.82) is 0 Å². The van der Waals surface area contributed by atoms with Crippen LogP contribution in [0.25, 0.3) is 11.4 Å². The van der Waals surface area contributed by atoms with E-state index in [4.69, 9.17) is 16.1 Å². The third-order valence-electron chi connectivity index (χ3n) is 4.97. The number of amides is 1. The van der Waals surface area contributed by atoms with Gasteiger partial charge in [0.2, 0.25) is 17.6 Å². The molecule has 6 nitrogen and oxygen atoms in total. The minimum atomic E-state index is -0.208. The van der Waals surface area contributed by atoms with E-state index < -0.39 is 0 Å². The third kappa shape index (κ3) is 3.93. The van der Waals surface area contributed by atoms with Gasteiger partial charge in [-0.15, -0.1) is 0 Å². The Labute approximate surface area is 168 Å². The number of para-hydroxylation sites is 1. The second kappa shape index (κ2) is 8.12. The number of rotatable bonds is 5. The molecule has 2 aromatic carbocycles. The van der Waals surface area contributed by atoms with Crippen molar-refractivity contribution in [1.82, 2.24) is 15.0 Å². The van der Waals surface area contributed by atoms with Gasteiger partial charge in [-0.2, -0.15) is 4.98 Å². The molecular weight excluding hydrogens is 376 g/mol. The molecule has 1 fully saturated rings. The van der Waals surface area contributed by atoms with Crippen molar-refractivity contribution in [3.8, 4) is 11.4 Å². The van der Waals surface area contributed by atoms with E-state index >= 15 is 0 Å². The number of aromatic nitrogens is 2. The lowest BCUT2D eigenvalue weighted by molar-refractivity contribution is -0.125. The van der Waals surface area contributed by atoms with Gasteiger partial charge < -0.3 is 9.42 Å². The van der Waals surface area contributed by atoms with Crippen molar-refractivity contribution in [2.75, 3.05) is 18.5 Å². The Balaban J connectivity index is 1.45. The van der Waals surface area contributed by atoms with Gasteiger partial charge in [-0.05, 0) is 56.3 Å². The summed E-state index contributed by atoms with van der Waals surface area (Å²) in [6.45, 7) is 1.16. The van der Waals surface area contributed by atoms with Crippen LogP contribution in [0.1, 0.15) is 18.7 Å². The van der Waals surface area contributed by atoms with Gasteiger partial charge in [0.25, 0.3) is 0 Å². The zero-order valence-electron chi connectivity index (χ0n) is 15.6. The fourth-order valence-electron chi connectivity index (χ4n) is 3.49. The number of anilines is 1. The first-order valence-electron chi connectivity index (χ1n) is 9.27. The van der Waals surface area contributed by atoms with Crippen LogP contribution in [0.5, 0.6) is 0 Å². The summed E-state index contributed by atoms with van der Waals surface area (Å²) in [5.41, 5.74) is 1.78. The molecule has 0 aliphatic carbocycles. The second-order valence-electron chi connectivity index (χ2n) is 6.92. The van der Waals surface area contributed by atoms with Crippen LogP contribution in [-0.2, 0) is 11.3 Å². The number of hydrogen-bond donors (Lipinski definition) is 0. The van der Waals surface area contributed by atoms with Crippen molar-refractivity contribution in [3.05, 3.63) is 65.5 Å². The highest BCUT2D eigenvalue weighted by atomic mass is 35.5. The molecule has 1 amide bonds. The SMILES string of the molecule is CN(Cc1nc(-c2ccc(Cl)cc2)no1)C1CCCN(c2ccccc2)C1=O. The van der Waals surface area contributed by atoms with Gasteiger partial charge in [0.15, 0.2) is 0 Å². The third-order valence-corrected chi connectivity index (χ3v) is 5.22. The number of benzene rings is 2. The molecule has 1 saturated heterocycles. The molecule has 1 aromatic heterocycles. The molecule has 144 valence electrons. The fraction of sp³-hybridized carbons (Fsp3) is 0.286. The second-order valence-corrected chi connectivity index (χ2v) is 7.35. The van der Waals surface area contributed by atoms with Crippen LogP contribution in [0.3, 0.4) is 0 Å². The van der Waals surface area contributed by atoms with Crippen molar-refractivity contribution in [3.63, 3.8) is 0 Å². The van der Waals surface area contributed by atoms with Crippen LogP contribution < -0.4 is 4.90 Å². The van der Waals surface area contributed by atoms with E-state index in [0.717, 1.165) is 30.6 Å². The van der Waals surface area contributed by atoms with Crippen LogP contribution in [-0.4, -0.2) is 40.6 Å². The molecule has 0 radical (unpaired) electrons. The maximum absolute atomic E-state index is 13.0. The predicted octanol–water partition coefficient (Wildman–Crippen LogP) is 4.02. The number of hydrogen-bond acceptors (Lipinski definition) is 5. The fourth-order valence-corrected chi connectivity index (χ4v) is 3.61. The maximum atomic E-state index is 13.0. The van der Waals surface area contributed by atoms with Crippen molar-refractivity contribution in [2.45, 2.75) is 25.4 Å². The molecule has 0 saturated carbocycles. The Bertz CT molecular complexity index is 943. The summed E-state index contributed by atoms with van der Waals surface area (Å²) in [4.78, 5) is 21.3. The Hall–Kier alpha value is -2.70. The molecule has 1 aliphatic heterocycles. The Morgan fingerprint density at radius 1 is 1.18 bits per heavy atom. The van der Waals surface area contributed by atoms with Crippen molar-refractivity contribution >= 4 is 23.2 Å². The lowest BCUT2D eigenvalue weighted by Crippen LogP contribution is -2.51. The van der Waals surface area contributed by atoms with Crippen LogP contribution in [0.2, 0.25) is 5.02 Å². The monoisotopic (exact) mass is 396 g/mol. The smallest absolute Gasteiger partial charge is 0.244 e. The largest absolute Gasteiger partial charge is 0.338 e. The minimum Gasteiger partial charge on any atom is -0.338 e. The van der Waals surface area contributed by atoms with Crippen LogP contribution >= 0.6 is 11.6 Å². The van der Waals surface area contributed by atoms with Crippen molar-refractivity contribution in [2.24, 2.45) is 0 Å². The summed E-state index contributed by atoms with van der Waals surface area (Å²) in [7, 11) is 1.92. The van der Waals surface area contributed by atoms with Crippen molar-refractivity contribution < 1.29 is 9.32 Å². The standard InChI is InChI=1S/C21H21ClN4O2/c1-25(14-19-23-20(24-28-19)15-9-11-16(22)12-10-15)18-8-5-13-26(21(18)27)17-6-3-2-4-7-17/h2-4,6-7,9-12,18H,5,8,13-14H2,1H3. The van der Waals surface area contributed by atoms with Gasteiger partial charge in [-0.3, -0.25) is 9.69 Å². The molecule has 7 heteroatoms. The summed E-state index contributed by atoms with van der Waals surface area (Å²) in [5.74, 6) is 1.11. The molecule has 4 rings (SSSR count). The van der Waals surface area contributed by atoms with Gasteiger partial charge in [0.05, 0.1) is 12.6 Å². The number of likely N-dealkylation sites (N-methyl/N-ethyl adjacent to an activating group) is 1. The quantitative estimate of drug-likeness (QED) is 0.651. The molecule has 2 heterocycles. The summed E-state index contributed by atoms with van der Waals surface area (Å²) in [5, 5.41) is 4.70. The Morgan fingerprint density at radius 3 is 2.68 bits per heavy atom. The lowest BCUT2D eigenvalue weighted by Gasteiger charge is -2.36. The van der Waals surface area contributed by atoms with Gasteiger partial charge in [0, 0.05) is 22.8 Å². The number of halogens is 1. The first-order valence-corrected chi connectivity index (χ1v) is 9.65. The molecule has 0 spiro atoms. The normalized spacial score (nSPS) is 17.3. The van der Waals surface area contributed by atoms with Gasteiger partial charge in [-0.25, -0.2) is 0 Å². The Morgan fingerprint density at radius 2 is 1.93 bits per heavy atom. The molecule has 0 bridgehead atoms. The van der Waals surface area contributed by atoms with E-state index in [2.05, 4.69) is 10.1 Å². The van der Waals surface area contributed by atoms with Crippen LogP contribution in [0.15, 0.2) is 59.1 Å². The zero-order chi connectivity index (χ0) is 19.5. The summed E-state index contributed by atoms with van der Waals surface area (Å²) < 4.78 is 5.40. The summed E-state index contributed by atoms with van der Waals surface area (Å²) in [6, 6.07) is 16.9. The van der Waals surface area contributed by atoms with E-state index in [1.165, 1.54) is 0 Å². The topological polar surface area (TPSA) is 62.5 Å². The van der Waals surface area contributed by atoms with Gasteiger partial charge in [0.1, 0.15) is 0 Å². The molecule has 3 aromatic rings. The molecule has 1 aliphatic rings. The molecule has 1 atom stereocenters. The highest BCUT2D eigenvalue weighted by Gasteiger charge is 2.33. The van der Waals surface area contributed by atoms with Crippen LogP contribution in [0, 0.1) is 0 Å². The highest BCUT2D eigenvalue weighted by molar-refractivity contribution is 6.30. The van der Waals surface area contributed by atoms with Gasteiger partial charge in [-0.1, -0.05) is 35.0 Å². The summed E-state index contributed by atoms with van der Waals surface area (Å²) in [6.07, 6.45) is 1.77. The van der Waals surface area contributed by atoms with E-state index in [1.54, 1.807) is 12.1 Å². The van der Waals surface area contributed by atoms with E-state index in [9.17, 15) is 4.79 Å². The first kappa shape index (κ1) is 18.7. The average molecular weight is 397 g/mol. The molecular formula is C21H21ClN4O2. The average Bonchev–Trinajstić information content (AvgIpc) is 3.17. The Kier molecular flexibility index (Phi) is 5.41. The number of nitrogens with zero attached hydrogens (tertiary/aromatic N) is 4. The zero-order valence-corrected chi connectivity index (χ0v) is 16.3. The maximum Gasteiger partial charge on any atom is 0.244 e. The predicted molar refractivity (Wildman–Crippen MR) is 108 cm³/mol. The number of carbonyl (C=O) groups is 1. The van der Waals surface area contributed by atoms with Crippen LogP contribution in [0.4, 0.5) is 5.69 Å². The summed E-state index contributed by atoms with van der Waals surface area (Å²) >= 11 is 5.92. The first-order chi connectivity index (χ1) is 13.6. The highest BCUT2D eigenvalue weighted by Crippen LogP contribution is 2.24. The number of piperidine rings is 1. The van der Waals surface area contributed by atoms with Gasteiger partial charge >= 0.3 is 0 Å². The molecule has 28 heavy (non-hydrogen) atoms.